The SMILES string of the molecule is CCCCCCCC1(C)C[C@@H](O)c2cc(C)ccc2O1. The average Bonchev–Trinajstić information content (AvgIpc) is 2.39. The first-order valence-corrected chi connectivity index (χ1v) is 8.02. The fourth-order valence-corrected chi connectivity index (χ4v) is 3.10. The number of hydrogen-bond acceptors (Lipinski definition) is 2. The van der Waals surface area contributed by atoms with Crippen LogP contribution in [0.2, 0.25) is 0 Å². The molecule has 1 N–H and O–H groups in total. The molecular weight excluding hydrogens is 248 g/mol. The predicted molar refractivity (Wildman–Crippen MR) is 83.2 cm³/mol. The van der Waals surface area contributed by atoms with Gasteiger partial charge in [-0.25, -0.2) is 0 Å². The van der Waals surface area contributed by atoms with E-state index in [1.807, 2.05) is 12.1 Å². The Morgan fingerprint density at radius 1 is 1.25 bits per heavy atom. The molecule has 112 valence electrons. The van der Waals surface area contributed by atoms with Gasteiger partial charge in [-0.3, -0.25) is 0 Å². The highest BCUT2D eigenvalue weighted by atomic mass is 16.5. The smallest absolute Gasteiger partial charge is 0.125 e. The molecule has 0 aliphatic carbocycles. The molecule has 1 heterocycles. The van der Waals surface area contributed by atoms with Crippen molar-refractivity contribution in [2.75, 3.05) is 0 Å². The van der Waals surface area contributed by atoms with Gasteiger partial charge in [-0.05, 0) is 38.8 Å². The van der Waals surface area contributed by atoms with E-state index in [-0.39, 0.29) is 11.7 Å². The minimum atomic E-state index is -0.390. The number of rotatable bonds is 6. The Morgan fingerprint density at radius 3 is 2.75 bits per heavy atom. The Balaban J connectivity index is 1.96. The summed E-state index contributed by atoms with van der Waals surface area (Å²) in [6.45, 7) is 6.42. The standard InChI is InChI=1S/C18H28O2/c1-4-5-6-7-8-11-18(3)13-16(19)15-12-14(2)9-10-17(15)20-18/h9-10,12,16,19H,4-8,11,13H2,1-3H3/t16-,18?/m1/s1. The minimum absolute atomic E-state index is 0.214. The van der Waals surface area contributed by atoms with Crippen molar-refractivity contribution in [3.05, 3.63) is 29.3 Å². The van der Waals surface area contributed by atoms with Crippen LogP contribution in [0.25, 0.3) is 0 Å². The van der Waals surface area contributed by atoms with Crippen LogP contribution in [0.3, 0.4) is 0 Å². The summed E-state index contributed by atoms with van der Waals surface area (Å²) < 4.78 is 6.19. The second kappa shape index (κ2) is 6.62. The van der Waals surface area contributed by atoms with Gasteiger partial charge < -0.3 is 9.84 Å². The molecule has 1 aliphatic heterocycles. The number of ether oxygens (including phenoxy) is 1. The summed E-state index contributed by atoms with van der Waals surface area (Å²) >= 11 is 0. The van der Waals surface area contributed by atoms with Gasteiger partial charge in [0.15, 0.2) is 0 Å². The van der Waals surface area contributed by atoms with Crippen LogP contribution in [0.4, 0.5) is 0 Å². The van der Waals surface area contributed by atoms with Gasteiger partial charge in [0.1, 0.15) is 11.4 Å². The van der Waals surface area contributed by atoms with Crippen LogP contribution in [0, 0.1) is 6.92 Å². The van der Waals surface area contributed by atoms with Gasteiger partial charge in [-0.2, -0.15) is 0 Å². The molecule has 0 aromatic heterocycles. The van der Waals surface area contributed by atoms with Gasteiger partial charge >= 0.3 is 0 Å². The molecule has 0 saturated heterocycles. The first-order chi connectivity index (χ1) is 9.54. The van der Waals surface area contributed by atoms with Crippen molar-refractivity contribution in [3.8, 4) is 5.75 Å². The Bertz CT molecular complexity index is 441. The first kappa shape index (κ1) is 15.4. The largest absolute Gasteiger partial charge is 0.487 e. The van der Waals surface area contributed by atoms with E-state index in [1.54, 1.807) is 0 Å². The minimum Gasteiger partial charge on any atom is -0.487 e. The van der Waals surface area contributed by atoms with Gasteiger partial charge in [0.2, 0.25) is 0 Å². The third-order valence-electron chi connectivity index (χ3n) is 4.31. The lowest BCUT2D eigenvalue weighted by Crippen LogP contribution is -2.38. The van der Waals surface area contributed by atoms with Crippen LogP contribution in [0.5, 0.6) is 5.75 Å². The van der Waals surface area contributed by atoms with Crippen molar-refractivity contribution in [1.29, 1.82) is 0 Å². The number of aliphatic hydroxyl groups is 1. The highest BCUT2D eigenvalue weighted by Crippen LogP contribution is 2.42. The van der Waals surface area contributed by atoms with Crippen LogP contribution in [-0.2, 0) is 0 Å². The molecule has 1 aromatic rings. The maximum atomic E-state index is 10.4. The molecule has 0 fully saturated rings. The highest BCUT2D eigenvalue weighted by molar-refractivity contribution is 5.40. The number of unbranched alkanes of at least 4 members (excludes halogenated alkanes) is 4. The second-order valence-electron chi connectivity index (χ2n) is 6.48. The van der Waals surface area contributed by atoms with E-state index in [0.29, 0.717) is 6.42 Å². The molecule has 1 aromatic carbocycles. The number of aryl methyl sites for hydroxylation is 1. The zero-order valence-corrected chi connectivity index (χ0v) is 13.1. The van der Waals surface area contributed by atoms with Crippen molar-refractivity contribution < 1.29 is 9.84 Å². The molecule has 0 saturated carbocycles. The summed E-state index contributed by atoms with van der Waals surface area (Å²) in [5, 5.41) is 10.4. The van der Waals surface area contributed by atoms with Crippen LogP contribution >= 0.6 is 0 Å². The summed E-state index contributed by atoms with van der Waals surface area (Å²) in [5.74, 6) is 0.866. The third-order valence-corrected chi connectivity index (χ3v) is 4.31. The number of benzene rings is 1. The van der Waals surface area contributed by atoms with E-state index in [9.17, 15) is 5.11 Å². The maximum absolute atomic E-state index is 10.4. The summed E-state index contributed by atoms with van der Waals surface area (Å²) in [5.41, 5.74) is 1.91. The summed E-state index contributed by atoms with van der Waals surface area (Å²) in [4.78, 5) is 0. The molecule has 1 unspecified atom stereocenters. The quantitative estimate of drug-likeness (QED) is 0.746. The zero-order valence-electron chi connectivity index (χ0n) is 13.1. The third kappa shape index (κ3) is 3.76. The van der Waals surface area contributed by atoms with Gasteiger partial charge in [-0.15, -0.1) is 0 Å². The second-order valence-corrected chi connectivity index (χ2v) is 6.48. The van der Waals surface area contributed by atoms with Gasteiger partial charge in [0.05, 0.1) is 6.10 Å². The summed E-state index contributed by atoms with van der Waals surface area (Å²) in [6.07, 6.45) is 7.71. The van der Waals surface area contributed by atoms with Crippen molar-refractivity contribution in [3.63, 3.8) is 0 Å². The molecule has 2 heteroatoms. The Labute approximate surface area is 123 Å². The van der Waals surface area contributed by atoms with Gasteiger partial charge in [-0.1, -0.05) is 44.2 Å². The van der Waals surface area contributed by atoms with Crippen LogP contribution in [0.1, 0.15) is 76.0 Å². The lowest BCUT2D eigenvalue weighted by molar-refractivity contribution is -0.00853. The molecule has 2 nitrogen and oxygen atoms in total. The highest BCUT2D eigenvalue weighted by Gasteiger charge is 2.35. The number of aliphatic hydroxyl groups excluding tert-OH is 1. The molecule has 20 heavy (non-hydrogen) atoms. The van der Waals surface area contributed by atoms with E-state index < -0.39 is 0 Å². The van der Waals surface area contributed by atoms with Crippen molar-refractivity contribution in [2.24, 2.45) is 0 Å². The Kier molecular flexibility index (Phi) is 5.09. The van der Waals surface area contributed by atoms with E-state index in [0.717, 1.165) is 17.7 Å². The molecule has 0 radical (unpaired) electrons. The number of hydrogen-bond donors (Lipinski definition) is 1. The molecule has 0 spiro atoms. The lowest BCUT2D eigenvalue weighted by atomic mass is 9.86. The normalized spacial score (nSPS) is 25.1. The van der Waals surface area contributed by atoms with Crippen molar-refractivity contribution in [1.82, 2.24) is 0 Å². The average molecular weight is 276 g/mol. The van der Waals surface area contributed by atoms with Crippen molar-refractivity contribution >= 4 is 0 Å². The predicted octanol–water partition coefficient (Wildman–Crippen LogP) is 4.93. The number of fused-ring (bicyclic) bond motifs is 1. The van der Waals surface area contributed by atoms with Crippen molar-refractivity contribution in [2.45, 2.75) is 77.4 Å². The molecule has 2 atom stereocenters. The molecule has 1 aliphatic rings. The van der Waals surface area contributed by atoms with E-state index >= 15 is 0 Å². The van der Waals surface area contributed by atoms with Gasteiger partial charge in [0, 0.05) is 12.0 Å². The Morgan fingerprint density at radius 2 is 2.00 bits per heavy atom. The maximum Gasteiger partial charge on any atom is 0.125 e. The monoisotopic (exact) mass is 276 g/mol. The zero-order chi connectivity index (χ0) is 14.6. The topological polar surface area (TPSA) is 29.5 Å². The van der Waals surface area contributed by atoms with Crippen LogP contribution < -0.4 is 4.74 Å². The fourth-order valence-electron chi connectivity index (χ4n) is 3.10. The van der Waals surface area contributed by atoms with Crippen LogP contribution in [0.15, 0.2) is 18.2 Å². The fraction of sp³-hybridized carbons (Fsp3) is 0.667. The molecule has 0 bridgehead atoms. The Hall–Kier alpha value is -1.02. The van der Waals surface area contributed by atoms with E-state index in [1.165, 1.54) is 37.7 Å². The van der Waals surface area contributed by atoms with Gasteiger partial charge in [0.25, 0.3) is 0 Å². The first-order valence-electron chi connectivity index (χ1n) is 8.02. The molecular formula is C18H28O2. The van der Waals surface area contributed by atoms with E-state index in [4.69, 9.17) is 4.74 Å². The summed E-state index contributed by atoms with van der Waals surface area (Å²) in [6, 6.07) is 6.10. The lowest BCUT2D eigenvalue weighted by Gasteiger charge is -2.38. The van der Waals surface area contributed by atoms with Crippen LogP contribution in [-0.4, -0.2) is 10.7 Å². The molecule has 2 rings (SSSR count). The van der Waals surface area contributed by atoms with E-state index in [2.05, 4.69) is 26.8 Å². The summed E-state index contributed by atoms with van der Waals surface area (Å²) in [7, 11) is 0. The molecule has 0 amide bonds.